The fourth-order valence-electron chi connectivity index (χ4n) is 4.17. The van der Waals surface area contributed by atoms with Crippen molar-refractivity contribution in [2.75, 3.05) is 49.1 Å². The van der Waals surface area contributed by atoms with E-state index in [1.807, 2.05) is 29.6 Å². The monoisotopic (exact) mass is 449 g/mol. The van der Waals surface area contributed by atoms with Crippen molar-refractivity contribution >= 4 is 32.8 Å². The lowest BCUT2D eigenvalue weighted by molar-refractivity contribution is -0.135. The quantitative estimate of drug-likeness (QED) is 0.724. The molecule has 1 N–H and O–H groups in total. The minimum atomic E-state index is -3.06. The number of hydrogen-bond acceptors (Lipinski definition) is 7. The zero-order valence-electron chi connectivity index (χ0n) is 16.8. The predicted molar refractivity (Wildman–Crippen MR) is 119 cm³/mol. The van der Waals surface area contributed by atoms with Crippen LogP contribution in [0.2, 0.25) is 0 Å². The van der Waals surface area contributed by atoms with Crippen LogP contribution in [-0.2, 0) is 21.2 Å². The summed E-state index contributed by atoms with van der Waals surface area (Å²) >= 11 is 1.59. The molecule has 1 aromatic carbocycles. The zero-order valence-corrected chi connectivity index (χ0v) is 18.4. The first kappa shape index (κ1) is 21.1. The SMILES string of the molecule is O=C(CN1CCN(c2ccccc2O)CC1)N(Cc1cccs1)C1CCS(=O)(=O)C1. The van der Waals surface area contributed by atoms with E-state index < -0.39 is 9.84 Å². The van der Waals surface area contributed by atoms with Crippen LogP contribution in [-0.4, -0.2) is 79.5 Å². The van der Waals surface area contributed by atoms with Crippen LogP contribution in [0.25, 0.3) is 0 Å². The number of carbonyl (C=O) groups excluding carboxylic acids is 1. The largest absolute Gasteiger partial charge is 0.506 e. The number of carbonyl (C=O) groups is 1. The molecule has 7 nitrogen and oxygen atoms in total. The Hall–Kier alpha value is -2.10. The number of piperazine rings is 1. The third kappa shape index (κ3) is 4.96. The van der Waals surface area contributed by atoms with Gasteiger partial charge in [0.25, 0.3) is 0 Å². The molecule has 2 fully saturated rings. The molecule has 0 radical (unpaired) electrons. The third-order valence-corrected chi connectivity index (χ3v) is 8.44. The van der Waals surface area contributed by atoms with Gasteiger partial charge in [0.2, 0.25) is 5.91 Å². The number of para-hydroxylation sites is 2. The summed E-state index contributed by atoms with van der Waals surface area (Å²) in [6.07, 6.45) is 0.514. The van der Waals surface area contributed by atoms with Crippen molar-refractivity contribution in [3.8, 4) is 5.75 Å². The van der Waals surface area contributed by atoms with Gasteiger partial charge in [-0.15, -0.1) is 11.3 Å². The molecule has 0 spiro atoms. The van der Waals surface area contributed by atoms with Gasteiger partial charge in [-0.2, -0.15) is 0 Å². The lowest BCUT2D eigenvalue weighted by Crippen LogP contribution is -2.51. The summed E-state index contributed by atoms with van der Waals surface area (Å²) in [5, 5.41) is 12.0. The minimum absolute atomic E-state index is 0.0125. The van der Waals surface area contributed by atoms with Gasteiger partial charge >= 0.3 is 0 Å². The van der Waals surface area contributed by atoms with Crippen LogP contribution < -0.4 is 4.90 Å². The molecule has 2 saturated heterocycles. The molecule has 2 aliphatic rings. The highest BCUT2D eigenvalue weighted by molar-refractivity contribution is 7.91. The molecule has 1 atom stereocenters. The maximum absolute atomic E-state index is 13.2. The molecule has 4 rings (SSSR count). The van der Waals surface area contributed by atoms with Crippen LogP contribution in [0.4, 0.5) is 5.69 Å². The number of sulfone groups is 1. The first-order valence-corrected chi connectivity index (χ1v) is 12.9. The van der Waals surface area contributed by atoms with Gasteiger partial charge in [0.1, 0.15) is 5.75 Å². The summed E-state index contributed by atoms with van der Waals surface area (Å²) in [5.74, 6) is 0.476. The van der Waals surface area contributed by atoms with E-state index >= 15 is 0 Å². The van der Waals surface area contributed by atoms with E-state index in [9.17, 15) is 18.3 Å². The maximum Gasteiger partial charge on any atom is 0.237 e. The molecule has 0 saturated carbocycles. The van der Waals surface area contributed by atoms with Crippen LogP contribution in [0.1, 0.15) is 11.3 Å². The molecular weight excluding hydrogens is 422 g/mol. The summed E-state index contributed by atoms with van der Waals surface area (Å²) in [7, 11) is -3.06. The Labute approximate surface area is 181 Å². The molecule has 3 heterocycles. The number of hydrogen-bond donors (Lipinski definition) is 1. The number of thiophene rings is 1. The van der Waals surface area contributed by atoms with E-state index in [0.29, 0.717) is 13.0 Å². The Bertz CT molecular complexity index is 970. The van der Waals surface area contributed by atoms with E-state index in [1.165, 1.54) is 0 Å². The zero-order chi connectivity index (χ0) is 21.1. The Balaban J connectivity index is 1.38. The highest BCUT2D eigenvalue weighted by Gasteiger charge is 2.35. The molecule has 1 unspecified atom stereocenters. The first-order chi connectivity index (χ1) is 14.4. The summed E-state index contributed by atoms with van der Waals surface area (Å²) in [6.45, 7) is 3.65. The number of phenolic OH excluding ortho intramolecular Hbond substituents is 1. The number of phenols is 1. The van der Waals surface area contributed by atoms with Crippen molar-refractivity contribution in [1.29, 1.82) is 0 Å². The second kappa shape index (κ2) is 8.95. The molecule has 0 bridgehead atoms. The Morgan fingerprint density at radius 1 is 1.13 bits per heavy atom. The van der Waals surface area contributed by atoms with Gasteiger partial charge in [-0.1, -0.05) is 18.2 Å². The number of benzene rings is 1. The number of anilines is 1. The fraction of sp³-hybridized carbons (Fsp3) is 0.476. The molecule has 2 aromatic rings. The van der Waals surface area contributed by atoms with Crippen molar-refractivity contribution in [2.24, 2.45) is 0 Å². The second-order valence-corrected chi connectivity index (χ2v) is 11.2. The number of nitrogens with zero attached hydrogens (tertiary/aromatic N) is 3. The van der Waals surface area contributed by atoms with Gasteiger partial charge in [0.15, 0.2) is 9.84 Å². The fourth-order valence-corrected chi connectivity index (χ4v) is 6.61. The van der Waals surface area contributed by atoms with Crippen LogP contribution in [0.15, 0.2) is 41.8 Å². The molecule has 30 heavy (non-hydrogen) atoms. The highest BCUT2D eigenvalue weighted by Crippen LogP contribution is 2.27. The molecule has 0 aliphatic carbocycles. The minimum Gasteiger partial charge on any atom is -0.506 e. The van der Waals surface area contributed by atoms with Crippen molar-refractivity contribution in [3.63, 3.8) is 0 Å². The topological polar surface area (TPSA) is 81.2 Å². The van der Waals surface area contributed by atoms with E-state index in [2.05, 4.69) is 9.80 Å². The van der Waals surface area contributed by atoms with Crippen molar-refractivity contribution < 1.29 is 18.3 Å². The van der Waals surface area contributed by atoms with Crippen LogP contribution in [0, 0.1) is 0 Å². The van der Waals surface area contributed by atoms with Gasteiger partial charge in [-0.3, -0.25) is 9.69 Å². The van der Waals surface area contributed by atoms with E-state index in [4.69, 9.17) is 0 Å². The highest BCUT2D eigenvalue weighted by atomic mass is 32.2. The summed E-state index contributed by atoms with van der Waals surface area (Å²) in [4.78, 5) is 20.3. The van der Waals surface area contributed by atoms with Gasteiger partial charge in [-0.05, 0) is 30.0 Å². The van der Waals surface area contributed by atoms with Crippen molar-refractivity contribution in [1.82, 2.24) is 9.80 Å². The average molecular weight is 450 g/mol. The molecular formula is C21H27N3O4S2. The summed E-state index contributed by atoms with van der Waals surface area (Å²) in [5.41, 5.74) is 0.818. The van der Waals surface area contributed by atoms with E-state index in [0.717, 1.165) is 36.7 Å². The number of amides is 1. The van der Waals surface area contributed by atoms with Crippen LogP contribution in [0.3, 0.4) is 0 Å². The van der Waals surface area contributed by atoms with Gasteiger partial charge in [-0.25, -0.2) is 8.42 Å². The Morgan fingerprint density at radius 3 is 2.53 bits per heavy atom. The Morgan fingerprint density at radius 2 is 1.90 bits per heavy atom. The standard InChI is InChI=1S/C21H27N3O4S2/c25-20-6-2-1-5-19(20)23-10-8-22(9-11-23)15-21(26)24(14-18-4-3-12-29-18)17-7-13-30(27,28)16-17/h1-6,12,17,25H,7-11,13-16H2. The van der Waals surface area contributed by atoms with Crippen LogP contribution >= 0.6 is 11.3 Å². The average Bonchev–Trinajstić information content (AvgIpc) is 3.36. The van der Waals surface area contributed by atoms with Gasteiger partial charge < -0.3 is 14.9 Å². The summed E-state index contributed by atoms with van der Waals surface area (Å²) < 4.78 is 24.0. The Kier molecular flexibility index (Phi) is 6.31. The van der Waals surface area contributed by atoms with E-state index in [1.54, 1.807) is 28.4 Å². The third-order valence-electron chi connectivity index (χ3n) is 5.83. The van der Waals surface area contributed by atoms with E-state index in [-0.39, 0.29) is 35.7 Å². The molecule has 1 aromatic heterocycles. The maximum atomic E-state index is 13.2. The van der Waals surface area contributed by atoms with Crippen molar-refractivity contribution in [2.45, 2.75) is 19.0 Å². The molecule has 162 valence electrons. The van der Waals surface area contributed by atoms with Gasteiger partial charge in [0, 0.05) is 37.1 Å². The predicted octanol–water partition coefficient (Wildman–Crippen LogP) is 1.79. The lowest BCUT2D eigenvalue weighted by Gasteiger charge is -2.37. The molecule has 1 amide bonds. The first-order valence-electron chi connectivity index (χ1n) is 10.2. The lowest BCUT2D eigenvalue weighted by atomic mass is 10.2. The molecule has 2 aliphatic heterocycles. The molecule has 9 heteroatoms. The number of rotatable bonds is 6. The second-order valence-electron chi connectivity index (χ2n) is 7.91. The number of aromatic hydroxyl groups is 1. The normalized spacial score (nSPS) is 21.6. The van der Waals surface area contributed by atoms with Crippen LogP contribution in [0.5, 0.6) is 5.75 Å². The smallest absolute Gasteiger partial charge is 0.237 e. The van der Waals surface area contributed by atoms with Gasteiger partial charge in [0.05, 0.1) is 30.3 Å². The summed E-state index contributed by atoms with van der Waals surface area (Å²) in [6, 6.07) is 11.0. The van der Waals surface area contributed by atoms with Crippen molar-refractivity contribution in [3.05, 3.63) is 46.7 Å².